The molecule has 0 fully saturated rings. The van der Waals surface area contributed by atoms with Gasteiger partial charge in [-0.3, -0.25) is 10.1 Å². The Morgan fingerprint density at radius 1 is 1.32 bits per heavy atom. The number of amides is 1. The van der Waals surface area contributed by atoms with Crippen molar-refractivity contribution in [3.8, 4) is 11.3 Å². The molecule has 0 saturated heterocycles. The summed E-state index contributed by atoms with van der Waals surface area (Å²) in [6, 6.07) is 3.41. The number of carbonyl (C=O) groups excluding carboxylic acids is 2. The fourth-order valence-corrected chi connectivity index (χ4v) is 2.52. The molecule has 0 aliphatic rings. The number of rotatable bonds is 7. The van der Waals surface area contributed by atoms with Gasteiger partial charge in [-0.2, -0.15) is 0 Å². The number of thiazole rings is 1. The van der Waals surface area contributed by atoms with E-state index in [0.717, 1.165) is 23.5 Å². The third kappa shape index (κ3) is 5.30. The molecular weight excluding hydrogens is 354 g/mol. The van der Waals surface area contributed by atoms with Crippen LogP contribution in [0.1, 0.15) is 13.8 Å². The molecule has 0 aliphatic heterocycles. The van der Waals surface area contributed by atoms with Gasteiger partial charge in [-0.05, 0) is 32.0 Å². The van der Waals surface area contributed by atoms with Gasteiger partial charge in [-0.25, -0.2) is 18.6 Å². The van der Waals surface area contributed by atoms with Crippen LogP contribution in [0.2, 0.25) is 0 Å². The molecule has 1 aromatic heterocycles. The Bertz CT molecular complexity index is 766. The number of hydrogen-bond acceptors (Lipinski definition) is 6. The molecule has 0 unspecified atom stereocenters. The number of aromatic nitrogens is 1. The molecule has 0 saturated carbocycles. The molecule has 2 rings (SSSR count). The van der Waals surface area contributed by atoms with Crippen LogP contribution >= 0.6 is 11.3 Å². The number of hydrogen-bond donors (Lipinski definition) is 1. The van der Waals surface area contributed by atoms with E-state index in [1.807, 2.05) is 0 Å². The molecule has 134 valence electrons. The molecule has 1 aromatic carbocycles. The number of nitrogens with one attached hydrogen (secondary N) is 1. The highest BCUT2D eigenvalue weighted by atomic mass is 32.1. The Morgan fingerprint density at radius 3 is 2.76 bits per heavy atom. The Kier molecular flexibility index (Phi) is 6.54. The number of halogens is 2. The molecule has 1 N–H and O–H groups in total. The summed E-state index contributed by atoms with van der Waals surface area (Å²) in [5, 5.41) is 4.34. The number of esters is 1. The maximum atomic E-state index is 13.3. The average molecular weight is 370 g/mol. The number of ether oxygens (including phenoxy) is 2. The molecule has 1 heterocycles. The average Bonchev–Trinajstić information content (AvgIpc) is 3.03. The minimum absolute atomic E-state index is 0.231. The van der Waals surface area contributed by atoms with Gasteiger partial charge in [0.05, 0.1) is 5.69 Å². The van der Waals surface area contributed by atoms with Gasteiger partial charge in [0.15, 0.2) is 22.9 Å². The van der Waals surface area contributed by atoms with Crippen molar-refractivity contribution in [1.29, 1.82) is 0 Å². The maximum absolute atomic E-state index is 13.3. The number of carbonyl (C=O) groups is 2. The third-order valence-electron chi connectivity index (χ3n) is 3.05. The van der Waals surface area contributed by atoms with E-state index < -0.39 is 29.6 Å². The minimum atomic E-state index is -1.02. The van der Waals surface area contributed by atoms with Gasteiger partial charge < -0.3 is 9.47 Å². The summed E-state index contributed by atoms with van der Waals surface area (Å²) in [6.07, 6.45) is -1.02. The fraction of sp³-hybridized carbons (Fsp3) is 0.312. The molecule has 2 aromatic rings. The van der Waals surface area contributed by atoms with Crippen LogP contribution in [0.4, 0.5) is 13.9 Å². The van der Waals surface area contributed by atoms with Crippen molar-refractivity contribution < 1.29 is 27.8 Å². The Hall–Kier alpha value is -2.39. The quantitative estimate of drug-likeness (QED) is 0.758. The van der Waals surface area contributed by atoms with Gasteiger partial charge in [0.25, 0.3) is 5.91 Å². The molecule has 0 radical (unpaired) electrons. The van der Waals surface area contributed by atoms with E-state index in [4.69, 9.17) is 9.47 Å². The number of nitrogens with zero attached hydrogens (tertiary/aromatic N) is 1. The fourth-order valence-electron chi connectivity index (χ4n) is 1.80. The Labute approximate surface area is 146 Å². The summed E-state index contributed by atoms with van der Waals surface area (Å²) in [4.78, 5) is 27.5. The second kappa shape index (κ2) is 8.63. The van der Waals surface area contributed by atoms with Crippen molar-refractivity contribution in [2.75, 3.05) is 18.5 Å². The molecular formula is C16H16F2N2O4S. The van der Waals surface area contributed by atoms with Crippen LogP contribution < -0.4 is 5.32 Å². The zero-order valence-electron chi connectivity index (χ0n) is 13.5. The SMILES string of the molecule is CCOCC(=O)O[C@@H](C)C(=O)Nc1nc(-c2ccc(F)c(F)c2)cs1. The molecule has 0 aliphatic carbocycles. The third-order valence-corrected chi connectivity index (χ3v) is 3.81. The Balaban J connectivity index is 1.96. The lowest BCUT2D eigenvalue weighted by Gasteiger charge is -2.12. The summed E-state index contributed by atoms with van der Waals surface area (Å²) in [5.74, 6) is -3.14. The monoisotopic (exact) mass is 370 g/mol. The lowest BCUT2D eigenvalue weighted by Crippen LogP contribution is -2.31. The van der Waals surface area contributed by atoms with Crippen LogP contribution in [-0.4, -0.2) is 36.2 Å². The zero-order chi connectivity index (χ0) is 18.4. The van der Waals surface area contributed by atoms with E-state index in [-0.39, 0.29) is 11.7 Å². The van der Waals surface area contributed by atoms with Crippen molar-refractivity contribution in [2.45, 2.75) is 20.0 Å². The Morgan fingerprint density at radius 2 is 2.08 bits per heavy atom. The molecule has 1 amide bonds. The second-order valence-electron chi connectivity index (χ2n) is 4.93. The van der Waals surface area contributed by atoms with Gasteiger partial charge in [-0.15, -0.1) is 11.3 Å². The molecule has 0 bridgehead atoms. The first-order valence-electron chi connectivity index (χ1n) is 7.39. The van der Waals surface area contributed by atoms with Crippen LogP contribution in [0, 0.1) is 11.6 Å². The maximum Gasteiger partial charge on any atom is 0.332 e. The summed E-state index contributed by atoms with van der Waals surface area (Å²) < 4.78 is 36.0. The highest BCUT2D eigenvalue weighted by molar-refractivity contribution is 7.14. The van der Waals surface area contributed by atoms with Gasteiger partial charge in [0.2, 0.25) is 0 Å². The standard InChI is InChI=1S/C16H16F2N2O4S/c1-3-23-7-14(21)24-9(2)15(22)20-16-19-13(8-25-16)10-4-5-11(17)12(18)6-10/h4-6,8-9H,3,7H2,1-2H3,(H,19,20,22)/t9-/m0/s1. The van der Waals surface area contributed by atoms with E-state index in [2.05, 4.69) is 10.3 Å². The second-order valence-corrected chi connectivity index (χ2v) is 5.78. The van der Waals surface area contributed by atoms with Gasteiger partial charge in [-0.1, -0.05) is 0 Å². The van der Waals surface area contributed by atoms with Crippen LogP contribution in [0.15, 0.2) is 23.6 Å². The highest BCUT2D eigenvalue weighted by Crippen LogP contribution is 2.26. The molecule has 25 heavy (non-hydrogen) atoms. The minimum Gasteiger partial charge on any atom is -0.451 e. The van der Waals surface area contributed by atoms with Crippen molar-refractivity contribution >= 4 is 28.3 Å². The summed E-state index contributed by atoms with van der Waals surface area (Å²) in [7, 11) is 0. The lowest BCUT2D eigenvalue weighted by molar-refractivity contribution is -0.157. The largest absolute Gasteiger partial charge is 0.451 e. The molecule has 6 nitrogen and oxygen atoms in total. The van der Waals surface area contributed by atoms with Crippen LogP contribution in [-0.2, 0) is 19.1 Å². The predicted octanol–water partition coefficient (Wildman–Crippen LogP) is 3.00. The van der Waals surface area contributed by atoms with E-state index in [9.17, 15) is 18.4 Å². The van der Waals surface area contributed by atoms with Gasteiger partial charge >= 0.3 is 5.97 Å². The van der Waals surface area contributed by atoms with Gasteiger partial charge in [0.1, 0.15) is 6.61 Å². The van der Waals surface area contributed by atoms with E-state index in [0.29, 0.717) is 17.9 Å². The lowest BCUT2D eigenvalue weighted by atomic mass is 10.2. The van der Waals surface area contributed by atoms with Crippen molar-refractivity contribution in [1.82, 2.24) is 4.98 Å². The van der Waals surface area contributed by atoms with Crippen molar-refractivity contribution in [2.24, 2.45) is 0 Å². The normalized spacial score (nSPS) is 11.8. The first-order chi connectivity index (χ1) is 11.9. The predicted molar refractivity (Wildman–Crippen MR) is 88.1 cm³/mol. The number of benzene rings is 1. The first-order valence-corrected chi connectivity index (χ1v) is 8.27. The smallest absolute Gasteiger partial charge is 0.332 e. The summed E-state index contributed by atoms with van der Waals surface area (Å²) in [5.41, 5.74) is 0.770. The molecule has 9 heteroatoms. The van der Waals surface area contributed by atoms with Crippen molar-refractivity contribution in [3.63, 3.8) is 0 Å². The van der Waals surface area contributed by atoms with E-state index >= 15 is 0 Å². The molecule has 0 spiro atoms. The number of anilines is 1. The van der Waals surface area contributed by atoms with E-state index in [1.165, 1.54) is 13.0 Å². The topological polar surface area (TPSA) is 77.5 Å². The molecule has 1 atom stereocenters. The highest BCUT2D eigenvalue weighted by Gasteiger charge is 2.19. The summed E-state index contributed by atoms with van der Waals surface area (Å²) in [6.45, 7) is 3.28. The van der Waals surface area contributed by atoms with E-state index in [1.54, 1.807) is 12.3 Å². The van der Waals surface area contributed by atoms with Crippen molar-refractivity contribution in [3.05, 3.63) is 35.2 Å². The first kappa shape index (κ1) is 18.9. The van der Waals surface area contributed by atoms with Crippen LogP contribution in [0.3, 0.4) is 0 Å². The van der Waals surface area contributed by atoms with Crippen LogP contribution in [0.25, 0.3) is 11.3 Å². The summed E-state index contributed by atoms with van der Waals surface area (Å²) >= 11 is 1.11. The van der Waals surface area contributed by atoms with Crippen LogP contribution in [0.5, 0.6) is 0 Å². The van der Waals surface area contributed by atoms with Gasteiger partial charge in [0, 0.05) is 17.6 Å². The zero-order valence-corrected chi connectivity index (χ0v) is 14.4.